The molecule has 1 aromatic rings. The van der Waals surface area contributed by atoms with Gasteiger partial charge in [0.1, 0.15) is 11.4 Å². The third-order valence-electron chi connectivity index (χ3n) is 4.93. The molecule has 0 amide bonds. The number of carboxylic acid groups (broad SMARTS) is 2. The molecule has 5 N–H and O–H groups in total. The van der Waals surface area contributed by atoms with Gasteiger partial charge in [-0.3, -0.25) is 9.59 Å². The van der Waals surface area contributed by atoms with Crippen molar-refractivity contribution in [3.63, 3.8) is 0 Å². The summed E-state index contributed by atoms with van der Waals surface area (Å²) >= 11 is 1.20. The number of aliphatic carboxylic acids is 2. The van der Waals surface area contributed by atoms with Crippen LogP contribution in [-0.4, -0.2) is 44.7 Å². The summed E-state index contributed by atoms with van der Waals surface area (Å²) in [6, 6.07) is 5.82. The highest BCUT2D eigenvalue weighted by Gasteiger charge is 2.77. The van der Waals surface area contributed by atoms with Crippen LogP contribution in [0.5, 0.6) is 0 Å². The van der Waals surface area contributed by atoms with Crippen LogP contribution in [0.3, 0.4) is 0 Å². The van der Waals surface area contributed by atoms with E-state index in [1.54, 1.807) is 6.07 Å². The van der Waals surface area contributed by atoms with Gasteiger partial charge < -0.3 is 21.1 Å². The molecule has 2 saturated carbocycles. The Hall–Kier alpha value is -1.35. The number of aliphatic hydroxyl groups is 1. The molecule has 1 aromatic carbocycles. The van der Waals surface area contributed by atoms with Crippen molar-refractivity contribution in [1.82, 2.24) is 0 Å². The van der Waals surface area contributed by atoms with Gasteiger partial charge in [-0.05, 0) is 18.2 Å². The topological polar surface area (TPSA) is 121 Å². The molecule has 2 aliphatic rings. The fraction of sp³-hybridized carbons (Fsp3) is 0.467. The summed E-state index contributed by atoms with van der Waals surface area (Å²) in [5.41, 5.74) is 4.25. The Bertz CT molecular complexity index is 677. The molecule has 0 bridgehead atoms. The van der Waals surface area contributed by atoms with Gasteiger partial charge >= 0.3 is 11.9 Å². The highest BCUT2D eigenvalue weighted by Crippen LogP contribution is 2.64. The molecule has 9 heteroatoms. The van der Waals surface area contributed by atoms with Gasteiger partial charge in [0.15, 0.2) is 0 Å². The van der Waals surface area contributed by atoms with E-state index in [4.69, 9.17) is 10.8 Å². The molecule has 2 aliphatic carbocycles. The molecule has 6 atom stereocenters. The van der Waals surface area contributed by atoms with Crippen LogP contribution in [0.4, 0.5) is 4.39 Å². The van der Waals surface area contributed by atoms with E-state index < -0.39 is 53.1 Å². The number of rotatable bonds is 5. The summed E-state index contributed by atoms with van der Waals surface area (Å²) < 4.78 is 13.2. The second-order valence-corrected chi connectivity index (χ2v) is 7.16. The lowest BCUT2D eigenvalue weighted by Crippen LogP contribution is -2.58. The van der Waals surface area contributed by atoms with Crippen molar-refractivity contribution in [3.8, 4) is 0 Å². The molecular weight excluding hydrogens is 361 g/mol. The minimum absolute atomic E-state index is 0. The van der Waals surface area contributed by atoms with Gasteiger partial charge in [-0.25, -0.2) is 4.39 Å². The second-order valence-electron chi connectivity index (χ2n) is 6.07. The molecule has 0 heterocycles. The van der Waals surface area contributed by atoms with Crippen LogP contribution in [0.15, 0.2) is 29.2 Å². The average molecular weight is 378 g/mol. The maximum absolute atomic E-state index is 13.2. The Morgan fingerprint density at radius 3 is 2.54 bits per heavy atom. The molecule has 0 saturated heterocycles. The van der Waals surface area contributed by atoms with Gasteiger partial charge in [0, 0.05) is 28.4 Å². The largest absolute Gasteiger partial charge is 0.481 e. The van der Waals surface area contributed by atoms with Gasteiger partial charge in [0.05, 0.1) is 12.0 Å². The van der Waals surface area contributed by atoms with Crippen LogP contribution < -0.4 is 5.73 Å². The van der Waals surface area contributed by atoms with Crippen molar-refractivity contribution in [1.29, 1.82) is 0 Å². The minimum Gasteiger partial charge on any atom is -0.481 e. The van der Waals surface area contributed by atoms with E-state index in [-0.39, 0.29) is 18.2 Å². The quantitative estimate of drug-likeness (QED) is 0.566. The van der Waals surface area contributed by atoms with Crippen molar-refractivity contribution < 1.29 is 29.3 Å². The van der Waals surface area contributed by atoms with Gasteiger partial charge in [-0.1, -0.05) is 6.07 Å². The number of halogens is 2. The predicted octanol–water partition coefficient (Wildman–Crippen LogP) is 1.06. The Labute approximate surface area is 147 Å². The standard InChI is InChI=1S/C15H16FNO5S.ClH/c16-6-2-1-3-7(4-6)23-5-8-12(18)9-10(13(19)20)11(9)15(8,17)14(21)22;/h1-4,8-12,18H,5,17H2,(H,19,20)(H,21,22);1H/t8-,9+,10+,11+,12-,15+;/m1./s1. The molecule has 0 radical (unpaired) electrons. The highest BCUT2D eigenvalue weighted by atomic mass is 35.5. The maximum atomic E-state index is 13.2. The third-order valence-corrected chi connectivity index (χ3v) is 6.04. The number of hydrogen-bond acceptors (Lipinski definition) is 5. The summed E-state index contributed by atoms with van der Waals surface area (Å²) in [6.45, 7) is 0. The van der Waals surface area contributed by atoms with E-state index in [0.29, 0.717) is 4.90 Å². The molecule has 3 rings (SSSR count). The average Bonchev–Trinajstić information content (AvgIpc) is 3.18. The molecule has 0 spiro atoms. The lowest BCUT2D eigenvalue weighted by atomic mass is 9.81. The molecule has 0 unspecified atom stereocenters. The van der Waals surface area contributed by atoms with Crippen LogP contribution in [0.25, 0.3) is 0 Å². The fourth-order valence-corrected chi connectivity index (χ4v) is 4.99. The Morgan fingerprint density at radius 1 is 1.33 bits per heavy atom. The zero-order valence-electron chi connectivity index (χ0n) is 12.3. The van der Waals surface area contributed by atoms with E-state index in [9.17, 15) is 24.2 Å². The summed E-state index contributed by atoms with van der Waals surface area (Å²) in [4.78, 5) is 23.4. The number of aliphatic hydroxyl groups excluding tert-OH is 1. The van der Waals surface area contributed by atoms with E-state index in [0.717, 1.165) is 0 Å². The van der Waals surface area contributed by atoms with Crippen molar-refractivity contribution >= 4 is 36.1 Å². The number of benzene rings is 1. The number of thioether (sulfide) groups is 1. The third kappa shape index (κ3) is 2.77. The summed E-state index contributed by atoms with van der Waals surface area (Å²) in [5.74, 6) is -5.79. The van der Waals surface area contributed by atoms with Gasteiger partial charge in [0.25, 0.3) is 0 Å². The Balaban J connectivity index is 0.00000208. The predicted molar refractivity (Wildman–Crippen MR) is 86.5 cm³/mol. The monoisotopic (exact) mass is 377 g/mol. The van der Waals surface area contributed by atoms with Gasteiger partial charge in [-0.2, -0.15) is 0 Å². The van der Waals surface area contributed by atoms with E-state index >= 15 is 0 Å². The van der Waals surface area contributed by atoms with Crippen LogP contribution in [0, 0.1) is 29.5 Å². The first-order valence-electron chi connectivity index (χ1n) is 7.10. The number of hydrogen-bond donors (Lipinski definition) is 4. The number of carbonyl (C=O) groups is 2. The summed E-state index contributed by atoms with van der Waals surface area (Å²) in [6.07, 6.45) is -1.09. The highest BCUT2D eigenvalue weighted by molar-refractivity contribution is 7.99. The van der Waals surface area contributed by atoms with Crippen LogP contribution in [0.2, 0.25) is 0 Å². The first-order chi connectivity index (χ1) is 10.8. The first-order valence-corrected chi connectivity index (χ1v) is 8.08. The molecule has 6 nitrogen and oxygen atoms in total. The van der Waals surface area contributed by atoms with Crippen molar-refractivity contribution in [2.75, 3.05) is 5.75 Å². The normalized spacial score (nSPS) is 36.5. The summed E-state index contributed by atoms with van der Waals surface area (Å²) in [7, 11) is 0. The Kier molecular flexibility index (Phi) is 5.15. The molecule has 2 fully saturated rings. The number of nitrogens with two attached hydrogens (primary N) is 1. The number of fused-ring (bicyclic) bond motifs is 1. The van der Waals surface area contributed by atoms with E-state index in [1.165, 1.54) is 30.0 Å². The zero-order chi connectivity index (χ0) is 16.9. The molecular formula is C15H17ClFNO5S. The van der Waals surface area contributed by atoms with Gasteiger partial charge in [0.2, 0.25) is 0 Å². The Morgan fingerprint density at radius 2 is 2.00 bits per heavy atom. The van der Waals surface area contributed by atoms with Gasteiger partial charge in [-0.15, -0.1) is 24.2 Å². The lowest BCUT2D eigenvalue weighted by Gasteiger charge is -2.32. The van der Waals surface area contributed by atoms with E-state index in [1.807, 2.05) is 0 Å². The van der Waals surface area contributed by atoms with E-state index in [2.05, 4.69) is 0 Å². The molecule has 24 heavy (non-hydrogen) atoms. The second kappa shape index (κ2) is 6.51. The smallest absolute Gasteiger partial charge is 0.324 e. The van der Waals surface area contributed by atoms with Crippen LogP contribution in [0.1, 0.15) is 0 Å². The van der Waals surface area contributed by atoms with Crippen molar-refractivity contribution in [2.24, 2.45) is 29.4 Å². The summed E-state index contributed by atoms with van der Waals surface area (Å²) in [5, 5.41) is 29.0. The molecule has 0 aliphatic heterocycles. The SMILES string of the molecule is Cl.N[C@]1(C(=O)O)[C@@H]2[C@@H](C(=O)O)[C@@H]2[C@H](O)[C@H]1CSc1cccc(F)c1. The lowest BCUT2D eigenvalue weighted by molar-refractivity contribution is -0.148. The fourth-order valence-electron chi connectivity index (χ4n) is 3.77. The van der Waals surface area contributed by atoms with Crippen LogP contribution in [-0.2, 0) is 9.59 Å². The molecule has 132 valence electrons. The number of carboxylic acids is 2. The zero-order valence-corrected chi connectivity index (χ0v) is 14.0. The van der Waals surface area contributed by atoms with Crippen molar-refractivity contribution in [2.45, 2.75) is 16.5 Å². The maximum Gasteiger partial charge on any atom is 0.324 e. The first kappa shape index (κ1) is 19.0. The molecule has 0 aromatic heterocycles. The van der Waals surface area contributed by atoms with Crippen molar-refractivity contribution in [3.05, 3.63) is 30.1 Å². The van der Waals surface area contributed by atoms with Crippen LogP contribution >= 0.6 is 24.2 Å². The minimum atomic E-state index is -1.78.